The Bertz CT molecular complexity index is 478. The van der Waals surface area contributed by atoms with Crippen molar-refractivity contribution in [1.29, 1.82) is 0 Å². The summed E-state index contributed by atoms with van der Waals surface area (Å²) in [6.45, 7) is 2.55. The number of methoxy groups -OCH3 is 1. The number of amides is 1. The zero-order chi connectivity index (χ0) is 15.7. The van der Waals surface area contributed by atoms with E-state index >= 15 is 0 Å². The van der Waals surface area contributed by atoms with Crippen molar-refractivity contribution < 1.29 is 24.2 Å². The van der Waals surface area contributed by atoms with Gasteiger partial charge < -0.3 is 19.9 Å². The molecule has 1 rings (SSSR count). The maximum Gasteiger partial charge on any atom is 0.303 e. The van der Waals surface area contributed by atoms with Crippen molar-refractivity contribution in [3.8, 4) is 5.88 Å². The van der Waals surface area contributed by atoms with Crippen molar-refractivity contribution in [1.82, 2.24) is 10.3 Å². The van der Waals surface area contributed by atoms with E-state index in [-0.39, 0.29) is 18.4 Å². The van der Waals surface area contributed by atoms with Gasteiger partial charge in [0.2, 0.25) is 5.88 Å². The summed E-state index contributed by atoms with van der Waals surface area (Å²) >= 11 is 0. The van der Waals surface area contributed by atoms with Crippen LogP contribution in [0.1, 0.15) is 30.1 Å². The molecule has 1 aromatic rings. The van der Waals surface area contributed by atoms with Crippen molar-refractivity contribution in [2.45, 2.75) is 25.8 Å². The molecule has 1 atom stereocenters. The molecule has 0 spiro atoms. The Hall–Kier alpha value is -2.15. The fourth-order valence-electron chi connectivity index (χ4n) is 1.58. The summed E-state index contributed by atoms with van der Waals surface area (Å²) < 4.78 is 10.2. The van der Waals surface area contributed by atoms with Gasteiger partial charge in [-0.2, -0.15) is 0 Å². The van der Waals surface area contributed by atoms with Crippen LogP contribution in [0.3, 0.4) is 0 Å². The van der Waals surface area contributed by atoms with Crippen LogP contribution in [-0.4, -0.2) is 48.3 Å². The molecule has 0 aliphatic rings. The van der Waals surface area contributed by atoms with Gasteiger partial charge in [0.1, 0.15) is 6.61 Å². The lowest BCUT2D eigenvalue weighted by Crippen LogP contribution is -2.33. The summed E-state index contributed by atoms with van der Waals surface area (Å²) in [7, 11) is 1.57. The van der Waals surface area contributed by atoms with E-state index in [2.05, 4.69) is 10.3 Å². The third-order valence-electron chi connectivity index (χ3n) is 2.70. The van der Waals surface area contributed by atoms with Gasteiger partial charge in [0.05, 0.1) is 6.61 Å². The summed E-state index contributed by atoms with van der Waals surface area (Å²) in [5.74, 6) is -0.821. The number of rotatable bonds is 9. The third kappa shape index (κ3) is 6.71. The highest BCUT2D eigenvalue weighted by Crippen LogP contribution is 2.10. The largest absolute Gasteiger partial charge is 0.481 e. The summed E-state index contributed by atoms with van der Waals surface area (Å²) in [4.78, 5) is 26.5. The van der Waals surface area contributed by atoms with Crippen molar-refractivity contribution in [3.05, 3.63) is 23.9 Å². The average Bonchev–Trinajstić information content (AvgIpc) is 2.46. The van der Waals surface area contributed by atoms with Gasteiger partial charge in [-0.3, -0.25) is 9.59 Å². The molecule has 0 aliphatic carbocycles. The van der Waals surface area contributed by atoms with Crippen LogP contribution in [0.4, 0.5) is 0 Å². The van der Waals surface area contributed by atoms with Crippen LogP contribution in [-0.2, 0) is 9.53 Å². The second-order valence-electron chi connectivity index (χ2n) is 4.53. The van der Waals surface area contributed by atoms with Crippen molar-refractivity contribution >= 4 is 11.9 Å². The number of aromatic nitrogens is 1. The van der Waals surface area contributed by atoms with Crippen LogP contribution >= 0.6 is 0 Å². The molecule has 0 fully saturated rings. The number of aliphatic carboxylic acids is 1. The summed E-state index contributed by atoms with van der Waals surface area (Å²) in [6.07, 6.45) is 1.88. The lowest BCUT2D eigenvalue weighted by molar-refractivity contribution is -0.137. The highest BCUT2D eigenvalue weighted by molar-refractivity contribution is 5.94. The topological polar surface area (TPSA) is 97.8 Å². The maximum atomic E-state index is 12.0. The molecule has 1 heterocycles. The summed E-state index contributed by atoms with van der Waals surface area (Å²) in [5, 5.41) is 11.3. The van der Waals surface area contributed by atoms with Crippen molar-refractivity contribution in [3.63, 3.8) is 0 Å². The Morgan fingerprint density at radius 3 is 2.86 bits per heavy atom. The third-order valence-corrected chi connectivity index (χ3v) is 2.70. The first-order chi connectivity index (χ1) is 10.0. The summed E-state index contributed by atoms with van der Waals surface area (Å²) in [6, 6.07) is 2.89. The van der Waals surface area contributed by atoms with Gasteiger partial charge in [0.25, 0.3) is 5.91 Å². The normalized spacial score (nSPS) is 11.7. The smallest absolute Gasteiger partial charge is 0.303 e. The lowest BCUT2D eigenvalue weighted by atomic mass is 10.1. The number of hydrogen-bond donors (Lipinski definition) is 2. The van der Waals surface area contributed by atoms with Crippen LogP contribution in [0, 0.1) is 0 Å². The second kappa shape index (κ2) is 8.91. The van der Waals surface area contributed by atoms with Gasteiger partial charge in [-0.05, 0) is 19.4 Å². The zero-order valence-electron chi connectivity index (χ0n) is 12.2. The maximum absolute atomic E-state index is 12.0. The van der Waals surface area contributed by atoms with Crippen molar-refractivity contribution in [2.24, 2.45) is 0 Å². The van der Waals surface area contributed by atoms with Crippen LogP contribution in [0.2, 0.25) is 0 Å². The standard InChI is InChI=1S/C14H20N2O5/c1-10(3-4-13(17)18)16-14(19)11-5-6-15-12(9-11)21-8-7-20-2/h5-6,9-10H,3-4,7-8H2,1-2H3,(H,16,19)(H,17,18). The number of carboxylic acids is 1. The predicted octanol–water partition coefficient (Wildman–Crippen LogP) is 1.09. The lowest BCUT2D eigenvalue weighted by Gasteiger charge is -2.13. The number of ether oxygens (including phenoxy) is 2. The molecule has 21 heavy (non-hydrogen) atoms. The Balaban J connectivity index is 2.53. The van der Waals surface area contributed by atoms with Gasteiger partial charge >= 0.3 is 5.97 Å². The average molecular weight is 296 g/mol. The molecule has 0 radical (unpaired) electrons. The number of hydrogen-bond acceptors (Lipinski definition) is 5. The molecule has 0 aliphatic heterocycles. The molecule has 2 N–H and O–H groups in total. The fraction of sp³-hybridized carbons (Fsp3) is 0.500. The van der Waals surface area contributed by atoms with E-state index in [0.717, 1.165) is 0 Å². The van der Waals surface area contributed by atoms with E-state index in [4.69, 9.17) is 14.6 Å². The Labute approximate surface area is 123 Å². The minimum atomic E-state index is -0.881. The molecule has 0 saturated heterocycles. The zero-order valence-corrected chi connectivity index (χ0v) is 12.2. The molecule has 7 heteroatoms. The summed E-state index contributed by atoms with van der Waals surface area (Å²) in [5.41, 5.74) is 0.416. The first-order valence-corrected chi connectivity index (χ1v) is 6.63. The van der Waals surface area contributed by atoms with E-state index in [1.165, 1.54) is 12.3 Å². The fourth-order valence-corrected chi connectivity index (χ4v) is 1.58. The van der Waals surface area contributed by atoms with E-state index in [1.807, 2.05) is 0 Å². The molecule has 7 nitrogen and oxygen atoms in total. The van der Waals surface area contributed by atoms with Crippen LogP contribution in [0.5, 0.6) is 5.88 Å². The van der Waals surface area contributed by atoms with Gasteiger partial charge in [-0.25, -0.2) is 4.98 Å². The quantitative estimate of drug-likeness (QED) is 0.662. The number of carboxylic acid groups (broad SMARTS) is 1. The molecule has 116 valence electrons. The number of carbonyl (C=O) groups excluding carboxylic acids is 1. The van der Waals surface area contributed by atoms with Crippen LogP contribution in [0.15, 0.2) is 18.3 Å². The molecule has 0 aromatic carbocycles. The monoisotopic (exact) mass is 296 g/mol. The van der Waals surface area contributed by atoms with E-state index in [0.29, 0.717) is 31.1 Å². The predicted molar refractivity (Wildman–Crippen MR) is 75.4 cm³/mol. The molecule has 0 bridgehead atoms. The Morgan fingerprint density at radius 1 is 1.43 bits per heavy atom. The Morgan fingerprint density at radius 2 is 2.19 bits per heavy atom. The molecule has 0 saturated carbocycles. The van der Waals surface area contributed by atoms with Crippen LogP contribution in [0.25, 0.3) is 0 Å². The van der Waals surface area contributed by atoms with E-state index in [9.17, 15) is 9.59 Å². The molecular weight excluding hydrogens is 276 g/mol. The van der Waals surface area contributed by atoms with Crippen LogP contribution < -0.4 is 10.1 Å². The first-order valence-electron chi connectivity index (χ1n) is 6.63. The molecular formula is C14H20N2O5. The number of carbonyl (C=O) groups is 2. The highest BCUT2D eigenvalue weighted by Gasteiger charge is 2.12. The number of nitrogens with one attached hydrogen (secondary N) is 1. The van der Waals surface area contributed by atoms with Gasteiger partial charge in [0.15, 0.2) is 0 Å². The molecule has 1 amide bonds. The van der Waals surface area contributed by atoms with Gasteiger partial charge in [-0.15, -0.1) is 0 Å². The number of pyridine rings is 1. The SMILES string of the molecule is COCCOc1cc(C(=O)NC(C)CCC(=O)O)ccn1. The molecule has 1 unspecified atom stereocenters. The highest BCUT2D eigenvalue weighted by atomic mass is 16.5. The molecule has 1 aromatic heterocycles. The van der Waals surface area contributed by atoms with Gasteiger partial charge in [0, 0.05) is 37.4 Å². The minimum Gasteiger partial charge on any atom is -0.481 e. The minimum absolute atomic E-state index is 0.0170. The van der Waals surface area contributed by atoms with Gasteiger partial charge in [-0.1, -0.05) is 0 Å². The van der Waals surface area contributed by atoms with Crippen molar-refractivity contribution in [2.75, 3.05) is 20.3 Å². The second-order valence-corrected chi connectivity index (χ2v) is 4.53. The first kappa shape index (κ1) is 16.9. The number of nitrogens with zero attached hydrogens (tertiary/aromatic N) is 1. The van der Waals surface area contributed by atoms with E-state index in [1.54, 1.807) is 20.1 Å². The van der Waals surface area contributed by atoms with E-state index < -0.39 is 5.97 Å². The Kier molecular flexibility index (Phi) is 7.17.